The van der Waals surface area contributed by atoms with Crippen molar-refractivity contribution in [3.8, 4) is 0 Å². The van der Waals surface area contributed by atoms with Crippen molar-refractivity contribution in [2.75, 3.05) is 27.2 Å². The molecule has 1 amide bonds. The largest absolute Gasteiger partial charge is 0.359 e. The topological polar surface area (TPSA) is 56.7 Å². The lowest BCUT2D eigenvalue weighted by Gasteiger charge is -2.34. The van der Waals surface area contributed by atoms with E-state index in [1.54, 1.807) is 20.2 Å². The lowest BCUT2D eigenvalue weighted by molar-refractivity contribution is -0.121. The number of carbonyl (C=O) groups is 1. The standard InChI is InChI=1S/C17H25FN4O/c1-19-16(23)11-13-6-8-22(9-7-13)17(20-2)21-12-14-4-3-5-15(18)10-14/h3-5,10,13H,6-9,11-12H2,1-2H3,(H,19,23)(H,20,21). The van der Waals surface area contributed by atoms with Gasteiger partial charge in [-0.15, -0.1) is 0 Å². The van der Waals surface area contributed by atoms with Gasteiger partial charge in [0.05, 0.1) is 0 Å². The highest BCUT2D eigenvalue weighted by Gasteiger charge is 2.22. The second-order valence-corrected chi connectivity index (χ2v) is 5.84. The first-order chi connectivity index (χ1) is 11.1. The van der Waals surface area contributed by atoms with Gasteiger partial charge in [-0.25, -0.2) is 4.39 Å². The highest BCUT2D eigenvalue weighted by atomic mass is 19.1. The van der Waals surface area contributed by atoms with E-state index in [9.17, 15) is 9.18 Å². The zero-order valence-corrected chi connectivity index (χ0v) is 13.8. The average molecular weight is 320 g/mol. The predicted octanol–water partition coefficient (Wildman–Crippen LogP) is 1.75. The van der Waals surface area contributed by atoms with Crippen molar-refractivity contribution < 1.29 is 9.18 Å². The summed E-state index contributed by atoms with van der Waals surface area (Å²) in [7, 11) is 3.43. The van der Waals surface area contributed by atoms with Crippen LogP contribution in [-0.4, -0.2) is 44.0 Å². The van der Waals surface area contributed by atoms with Gasteiger partial charge in [-0.3, -0.25) is 9.79 Å². The van der Waals surface area contributed by atoms with Gasteiger partial charge < -0.3 is 15.5 Å². The summed E-state index contributed by atoms with van der Waals surface area (Å²) in [5.74, 6) is 1.14. The highest BCUT2D eigenvalue weighted by Crippen LogP contribution is 2.20. The summed E-state index contributed by atoms with van der Waals surface area (Å²) in [5, 5.41) is 5.96. The van der Waals surface area contributed by atoms with Crippen molar-refractivity contribution in [2.24, 2.45) is 10.9 Å². The Balaban J connectivity index is 1.82. The molecule has 0 radical (unpaired) electrons. The molecule has 1 aromatic rings. The average Bonchev–Trinajstić information content (AvgIpc) is 2.56. The molecular formula is C17H25FN4O. The first kappa shape index (κ1) is 17.2. The van der Waals surface area contributed by atoms with Crippen LogP contribution in [0.1, 0.15) is 24.8 Å². The maximum absolute atomic E-state index is 13.2. The Hall–Kier alpha value is -2.11. The second-order valence-electron chi connectivity index (χ2n) is 5.84. The Morgan fingerprint density at radius 3 is 2.74 bits per heavy atom. The summed E-state index contributed by atoms with van der Waals surface area (Å²) in [6, 6.07) is 6.56. The van der Waals surface area contributed by atoms with E-state index in [0.29, 0.717) is 18.9 Å². The minimum atomic E-state index is -0.227. The molecule has 126 valence electrons. The minimum absolute atomic E-state index is 0.108. The van der Waals surface area contributed by atoms with E-state index in [2.05, 4.69) is 20.5 Å². The number of hydrogen-bond donors (Lipinski definition) is 2. The smallest absolute Gasteiger partial charge is 0.220 e. The van der Waals surface area contributed by atoms with Gasteiger partial charge in [0, 0.05) is 40.2 Å². The number of piperidine rings is 1. The second kappa shape index (κ2) is 8.50. The molecule has 0 aliphatic carbocycles. The Kier molecular flexibility index (Phi) is 6.38. The normalized spacial score (nSPS) is 16.3. The molecule has 23 heavy (non-hydrogen) atoms. The van der Waals surface area contributed by atoms with Crippen LogP contribution in [0.2, 0.25) is 0 Å². The molecule has 0 bridgehead atoms. The third-order valence-corrected chi connectivity index (χ3v) is 4.22. The van der Waals surface area contributed by atoms with Gasteiger partial charge >= 0.3 is 0 Å². The number of carbonyl (C=O) groups excluding carboxylic acids is 1. The van der Waals surface area contributed by atoms with Crippen LogP contribution in [0, 0.1) is 11.7 Å². The van der Waals surface area contributed by atoms with E-state index in [0.717, 1.165) is 37.5 Å². The van der Waals surface area contributed by atoms with E-state index >= 15 is 0 Å². The number of guanidine groups is 1. The summed E-state index contributed by atoms with van der Waals surface area (Å²) in [4.78, 5) is 18.0. The molecule has 0 saturated carbocycles. The van der Waals surface area contributed by atoms with Crippen molar-refractivity contribution in [1.82, 2.24) is 15.5 Å². The SMILES string of the molecule is CN=C(NCc1cccc(F)c1)N1CCC(CC(=O)NC)CC1. The van der Waals surface area contributed by atoms with Gasteiger partial charge in [0.1, 0.15) is 5.82 Å². The van der Waals surface area contributed by atoms with E-state index in [1.165, 1.54) is 12.1 Å². The first-order valence-electron chi connectivity index (χ1n) is 8.03. The molecule has 1 saturated heterocycles. The van der Waals surface area contributed by atoms with E-state index < -0.39 is 0 Å². The molecular weight excluding hydrogens is 295 g/mol. The summed E-state index contributed by atoms with van der Waals surface area (Å²) >= 11 is 0. The predicted molar refractivity (Wildman–Crippen MR) is 89.6 cm³/mol. The summed E-state index contributed by atoms with van der Waals surface area (Å²) in [6.07, 6.45) is 2.56. The number of nitrogens with zero attached hydrogens (tertiary/aromatic N) is 2. The highest BCUT2D eigenvalue weighted by molar-refractivity contribution is 5.80. The van der Waals surface area contributed by atoms with Crippen molar-refractivity contribution >= 4 is 11.9 Å². The zero-order chi connectivity index (χ0) is 16.7. The van der Waals surface area contributed by atoms with Gasteiger partial charge in [0.25, 0.3) is 0 Å². The summed E-state index contributed by atoms with van der Waals surface area (Å²) in [6.45, 7) is 2.30. The van der Waals surface area contributed by atoms with Gasteiger partial charge in [0.2, 0.25) is 5.91 Å². The van der Waals surface area contributed by atoms with Gasteiger partial charge in [-0.1, -0.05) is 12.1 Å². The number of nitrogens with one attached hydrogen (secondary N) is 2. The molecule has 1 fully saturated rings. The van der Waals surface area contributed by atoms with Gasteiger partial charge in [0.15, 0.2) is 5.96 Å². The Bertz CT molecular complexity index is 553. The van der Waals surface area contributed by atoms with Crippen LogP contribution >= 0.6 is 0 Å². The Morgan fingerprint density at radius 1 is 1.39 bits per heavy atom. The van der Waals surface area contributed by atoms with Crippen molar-refractivity contribution in [3.05, 3.63) is 35.6 Å². The molecule has 0 aromatic heterocycles. The monoisotopic (exact) mass is 320 g/mol. The lowest BCUT2D eigenvalue weighted by Crippen LogP contribution is -2.45. The zero-order valence-electron chi connectivity index (χ0n) is 13.8. The quantitative estimate of drug-likeness (QED) is 0.656. The number of aliphatic imine (C=N–C) groups is 1. The number of halogens is 1. The first-order valence-corrected chi connectivity index (χ1v) is 8.03. The molecule has 1 heterocycles. The van der Waals surface area contributed by atoms with Crippen LogP contribution in [0.15, 0.2) is 29.3 Å². The van der Waals surface area contributed by atoms with Crippen LogP contribution in [0.3, 0.4) is 0 Å². The molecule has 0 atom stereocenters. The summed E-state index contributed by atoms with van der Waals surface area (Å²) in [5.41, 5.74) is 0.889. The van der Waals surface area contributed by atoms with Gasteiger partial charge in [-0.2, -0.15) is 0 Å². The molecule has 2 rings (SSSR count). The van der Waals surface area contributed by atoms with Crippen molar-refractivity contribution in [1.29, 1.82) is 0 Å². The number of likely N-dealkylation sites (tertiary alicyclic amines) is 1. The van der Waals surface area contributed by atoms with Crippen LogP contribution in [0.5, 0.6) is 0 Å². The molecule has 0 unspecified atom stereocenters. The number of rotatable bonds is 4. The minimum Gasteiger partial charge on any atom is -0.359 e. The maximum Gasteiger partial charge on any atom is 0.220 e. The molecule has 1 aliphatic rings. The van der Waals surface area contributed by atoms with Crippen LogP contribution in [0.4, 0.5) is 4.39 Å². The molecule has 5 nitrogen and oxygen atoms in total. The van der Waals surface area contributed by atoms with Crippen molar-refractivity contribution in [3.63, 3.8) is 0 Å². The fourth-order valence-corrected chi connectivity index (χ4v) is 2.87. The third-order valence-electron chi connectivity index (χ3n) is 4.22. The summed E-state index contributed by atoms with van der Waals surface area (Å²) < 4.78 is 13.2. The fourth-order valence-electron chi connectivity index (χ4n) is 2.87. The van der Waals surface area contributed by atoms with E-state index in [4.69, 9.17) is 0 Å². The van der Waals surface area contributed by atoms with Crippen LogP contribution < -0.4 is 10.6 Å². The molecule has 1 aliphatic heterocycles. The Morgan fingerprint density at radius 2 is 2.13 bits per heavy atom. The van der Waals surface area contributed by atoms with Crippen LogP contribution in [0.25, 0.3) is 0 Å². The third kappa shape index (κ3) is 5.23. The molecule has 1 aromatic carbocycles. The lowest BCUT2D eigenvalue weighted by atomic mass is 9.93. The van der Waals surface area contributed by atoms with Gasteiger partial charge in [-0.05, 0) is 36.5 Å². The molecule has 6 heteroatoms. The Labute approximate surface area is 137 Å². The molecule has 0 spiro atoms. The van der Waals surface area contributed by atoms with Crippen LogP contribution in [-0.2, 0) is 11.3 Å². The molecule has 2 N–H and O–H groups in total. The van der Waals surface area contributed by atoms with E-state index in [1.807, 2.05) is 6.07 Å². The fraction of sp³-hybridized carbons (Fsp3) is 0.529. The number of benzene rings is 1. The van der Waals surface area contributed by atoms with Crippen molar-refractivity contribution in [2.45, 2.75) is 25.8 Å². The number of amides is 1. The maximum atomic E-state index is 13.2. The van der Waals surface area contributed by atoms with E-state index in [-0.39, 0.29) is 11.7 Å². The number of hydrogen-bond acceptors (Lipinski definition) is 2.